The number of aliphatic hydroxyl groups excluding tert-OH is 1. The summed E-state index contributed by atoms with van der Waals surface area (Å²) >= 11 is 0. The fraction of sp³-hybridized carbons (Fsp3) is 0.588. The normalized spacial score (nSPS) is 22.6. The summed E-state index contributed by atoms with van der Waals surface area (Å²) in [6, 6.07) is 4.67. The lowest BCUT2D eigenvalue weighted by Crippen LogP contribution is -2.46. The Morgan fingerprint density at radius 3 is 2.58 bits per heavy atom. The van der Waals surface area contributed by atoms with Crippen LogP contribution in [-0.4, -0.2) is 40.6 Å². The minimum atomic E-state index is -4.42. The Bertz CT molecular complexity index is 596. The second-order valence-corrected chi connectivity index (χ2v) is 7.26. The maximum atomic E-state index is 12.9. The van der Waals surface area contributed by atoms with Crippen LogP contribution in [-0.2, 0) is 11.0 Å². The quantitative estimate of drug-likeness (QED) is 0.886. The van der Waals surface area contributed by atoms with Gasteiger partial charge in [-0.25, -0.2) is 0 Å². The molecule has 2 rings (SSSR count). The van der Waals surface area contributed by atoms with Gasteiger partial charge in [-0.15, -0.1) is 0 Å². The van der Waals surface area contributed by atoms with E-state index in [0.29, 0.717) is 12.0 Å². The average Bonchev–Trinajstić information content (AvgIpc) is 2.76. The Morgan fingerprint density at radius 1 is 1.33 bits per heavy atom. The number of benzene rings is 1. The van der Waals surface area contributed by atoms with Gasteiger partial charge in [0.05, 0.1) is 18.2 Å². The summed E-state index contributed by atoms with van der Waals surface area (Å²) in [4.78, 5) is 13.8. The number of amides is 1. The number of nitrogens with one attached hydrogen (secondary N) is 1. The monoisotopic (exact) mass is 344 g/mol. The third-order valence-electron chi connectivity index (χ3n) is 3.84. The molecular weight excluding hydrogens is 321 g/mol. The van der Waals surface area contributed by atoms with Gasteiger partial charge in [0.1, 0.15) is 0 Å². The van der Waals surface area contributed by atoms with Crippen molar-refractivity contribution < 1.29 is 23.1 Å². The van der Waals surface area contributed by atoms with Crippen molar-refractivity contribution in [2.24, 2.45) is 0 Å². The maximum absolute atomic E-state index is 12.9. The average molecular weight is 344 g/mol. The molecule has 0 aliphatic carbocycles. The molecule has 0 bridgehead atoms. The number of β-amino-alcohol motifs (C(OH)–C–C–N with tert-alkyl or cyclic N) is 1. The van der Waals surface area contributed by atoms with Crippen molar-refractivity contribution in [3.63, 3.8) is 0 Å². The zero-order chi connectivity index (χ0) is 18.1. The molecule has 1 aromatic rings. The number of aliphatic hydroxyl groups is 1. The first kappa shape index (κ1) is 18.7. The highest BCUT2D eigenvalue weighted by Gasteiger charge is 2.36. The zero-order valence-corrected chi connectivity index (χ0v) is 14.0. The highest BCUT2D eigenvalue weighted by molar-refractivity contribution is 5.78. The smallest absolute Gasteiger partial charge is 0.392 e. The van der Waals surface area contributed by atoms with Crippen LogP contribution in [0.3, 0.4) is 0 Å². The molecular formula is C17H23F3N2O2. The van der Waals surface area contributed by atoms with Crippen LogP contribution in [0, 0.1) is 0 Å². The first-order valence-electron chi connectivity index (χ1n) is 7.86. The van der Waals surface area contributed by atoms with Crippen LogP contribution in [0.25, 0.3) is 0 Å². The minimum absolute atomic E-state index is 0.0369. The van der Waals surface area contributed by atoms with Crippen LogP contribution < -0.4 is 5.32 Å². The first-order valence-corrected chi connectivity index (χ1v) is 7.86. The van der Waals surface area contributed by atoms with E-state index in [2.05, 4.69) is 5.32 Å². The predicted octanol–water partition coefficient (Wildman–Crippen LogP) is 2.73. The molecule has 4 nitrogen and oxygen atoms in total. The Hall–Kier alpha value is -1.60. The molecule has 1 aliphatic rings. The van der Waals surface area contributed by atoms with Gasteiger partial charge in [-0.1, -0.05) is 12.1 Å². The van der Waals surface area contributed by atoms with Crippen LogP contribution in [0.4, 0.5) is 13.2 Å². The van der Waals surface area contributed by atoms with E-state index in [1.807, 2.05) is 20.8 Å². The molecule has 0 unspecified atom stereocenters. The van der Waals surface area contributed by atoms with E-state index in [1.165, 1.54) is 6.07 Å². The molecule has 0 radical (unpaired) electrons. The number of nitrogens with zero attached hydrogens (tertiary/aromatic N) is 1. The van der Waals surface area contributed by atoms with Crippen LogP contribution in [0.15, 0.2) is 24.3 Å². The van der Waals surface area contributed by atoms with Crippen molar-refractivity contribution >= 4 is 5.91 Å². The van der Waals surface area contributed by atoms with Gasteiger partial charge >= 0.3 is 6.18 Å². The van der Waals surface area contributed by atoms with Crippen LogP contribution >= 0.6 is 0 Å². The fourth-order valence-corrected chi connectivity index (χ4v) is 2.97. The highest BCUT2D eigenvalue weighted by Crippen LogP contribution is 2.35. The van der Waals surface area contributed by atoms with E-state index in [-0.39, 0.29) is 24.5 Å². The number of halogens is 3. The van der Waals surface area contributed by atoms with Crippen molar-refractivity contribution in [1.29, 1.82) is 0 Å². The third-order valence-corrected chi connectivity index (χ3v) is 3.84. The molecule has 1 aromatic carbocycles. The van der Waals surface area contributed by atoms with E-state index < -0.39 is 23.9 Å². The van der Waals surface area contributed by atoms with Gasteiger partial charge in [0.25, 0.3) is 0 Å². The van der Waals surface area contributed by atoms with Crippen molar-refractivity contribution in [1.82, 2.24) is 10.2 Å². The highest BCUT2D eigenvalue weighted by atomic mass is 19.4. The van der Waals surface area contributed by atoms with Gasteiger partial charge in [-0.3, -0.25) is 9.69 Å². The van der Waals surface area contributed by atoms with Gasteiger partial charge in [0.2, 0.25) is 5.91 Å². The standard InChI is InChI=1S/C17H23F3N2O2/c1-16(2,3)21-15(24)10-22-9-13(23)8-14(22)11-5-4-6-12(7-11)17(18,19)20/h4-7,13-14,23H,8-10H2,1-3H3,(H,21,24)/t13-,14+/m1/s1. The Balaban J connectivity index is 2.17. The van der Waals surface area contributed by atoms with E-state index in [1.54, 1.807) is 11.0 Å². The molecule has 134 valence electrons. The summed E-state index contributed by atoms with van der Waals surface area (Å²) in [5.74, 6) is -0.214. The lowest BCUT2D eigenvalue weighted by Gasteiger charge is -2.27. The summed E-state index contributed by atoms with van der Waals surface area (Å²) in [5.41, 5.74) is -0.647. The lowest BCUT2D eigenvalue weighted by atomic mass is 10.0. The molecule has 0 aromatic heterocycles. The number of hydrogen-bond donors (Lipinski definition) is 2. The number of hydrogen-bond acceptors (Lipinski definition) is 3. The maximum Gasteiger partial charge on any atom is 0.416 e. The van der Waals surface area contributed by atoms with E-state index in [9.17, 15) is 23.1 Å². The van der Waals surface area contributed by atoms with Crippen molar-refractivity contribution in [3.05, 3.63) is 35.4 Å². The molecule has 0 saturated carbocycles. The predicted molar refractivity (Wildman–Crippen MR) is 84.3 cm³/mol. The van der Waals surface area contributed by atoms with Gasteiger partial charge in [0.15, 0.2) is 0 Å². The van der Waals surface area contributed by atoms with Crippen LogP contribution in [0.2, 0.25) is 0 Å². The van der Waals surface area contributed by atoms with Crippen LogP contribution in [0.1, 0.15) is 44.4 Å². The molecule has 1 amide bonds. The first-order chi connectivity index (χ1) is 11.0. The number of carbonyl (C=O) groups is 1. The van der Waals surface area contributed by atoms with Gasteiger partial charge < -0.3 is 10.4 Å². The number of rotatable bonds is 3. The lowest BCUT2D eigenvalue weighted by molar-refractivity contribution is -0.137. The topological polar surface area (TPSA) is 52.6 Å². The van der Waals surface area contributed by atoms with Crippen molar-refractivity contribution in [3.8, 4) is 0 Å². The number of alkyl halides is 3. The summed E-state index contributed by atoms with van der Waals surface area (Å²) in [5, 5.41) is 12.7. The zero-order valence-electron chi connectivity index (χ0n) is 14.0. The van der Waals surface area contributed by atoms with E-state index in [0.717, 1.165) is 12.1 Å². The molecule has 7 heteroatoms. The van der Waals surface area contributed by atoms with Crippen molar-refractivity contribution in [2.45, 2.75) is 51.1 Å². The number of carbonyl (C=O) groups excluding carboxylic acids is 1. The number of likely N-dealkylation sites (tertiary alicyclic amines) is 1. The van der Waals surface area contributed by atoms with Gasteiger partial charge in [0, 0.05) is 18.1 Å². The second kappa shape index (κ2) is 6.72. The summed E-state index contributed by atoms with van der Waals surface area (Å²) in [6.07, 6.45) is -4.77. The second-order valence-electron chi connectivity index (χ2n) is 7.26. The SMILES string of the molecule is CC(C)(C)NC(=O)CN1C[C@H](O)C[C@H]1c1cccc(C(F)(F)F)c1. The molecule has 0 spiro atoms. The Kier molecular flexibility index (Phi) is 5.25. The molecule has 2 N–H and O–H groups in total. The molecule has 24 heavy (non-hydrogen) atoms. The van der Waals surface area contributed by atoms with E-state index in [4.69, 9.17) is 0 Å². The van der Waals surface area contributed by atoms with Gasteiger partial charge in [-0.05, 0) is 44.9 Å². The summed E-state index contributed by atoms with van der Waals surface area (Å²) in [7, 11) is 0. The Labute approximate surface area is 139 Å². The molecule has 1 fully saturated rings. The third kappa shape index (κ3) is 4.95. The van der Waals surface area contributed by atoms with Gasteiger partial charge in [-0.2, -0.15) is 13.2 Å². The summed E-state index contributed by atoms with van der Waals surface area (Å²) < 4.78 is 38.7. The Morgan fingerprint density at radius 2 is 2.00 bits per heavy atom. The molecule has 1 heterocycles. The molecule has 2 atom stereocenters. The van der Waals surface area contributed by atoms with E-state index >= 15 is 0 Å². The largest absolute Gasteiger partial charge is 0.416 e. The molecule has 1 saturated heterocycles. The summed E-state index contributed by atoms with van der Waals surface area (Å²) in [6.45, 7) is 5.86. The fourth-order valence-electron chi connectivity index (χ4n) is 2.97. The van der Waals surface area contributed by atoms with Crippen molar-refractivity contribution in [2.75, 3.05) is 13.1 Å². The molecule has 1 aliphatic heterocycles. The minimum Gasteiger partial charge on any atom is -0.392 e. The van der Waals surface area contributed by atoms with Crippen LogP contribution in [0.5, 0.6) is 0 Å².